The molecule has 115 valence electrons. The zero-order valence-corrected chi connectivity index (χ0v) is 12.8. The van der Waals surface area contributed by atoms with Crippen LogP contribution in [-0.2, 0) is 26.8 Å². The second-order valence-corrected chi connectivity index (χ2v) is 6.13. The molecule has 0 heterocycles. The van der Waals surface area contributed by atoms with Gasteiger partial charge >= 0.3 is 7.75 Å². The highest BCUT2D eigenvalue weighted by Gasteiger charge is 2.28. The first-order valence-electron chi connectivity index (χ1n) is 6.62. The summed E-state index contributed by atoms with van der Waals surface area (Å²) < 4.78 is 23.1. The van der Waals surface area contributed by atoms with Gasteiger partial charge in [-0.05, 0) is 11.1 Å². The molecule has 2 aromatic carbocycles. The minimum atomic E-state index is -3.83. The fourth-order valence-corrected chi connectivity index (χ4v) is 2.77. The van der Waals surface area contributed by atoms with Gasteiger partial charge in [0.1, 0.15) is 0 Å². The Morgan fingerprint density at radius 2 is 1.36 bits per heavy atom. The van der Waals surface area contributed by atoms with Gasteiger partial charge in [-0.3, -0.25) is 14.5 Å². The van der Waals surface area contributed by atoms with Crippen LogP contribution in [0.4, 0.5) is 0 Å². The number of rotatable bonds is 7. The van der Waals surface area contributed by atoms with Gasteiger partial charge < -0.3 is 5.73 Å². The molecule has 0 aliphatic rings. The van der Waals surface area contributed by atoms with Crippen LogP contribution in [0.2, 0.25) is 0 Å². The zero-order valence-electron chi connectivity index (χ0n) is 11.9. The van der Waals surface area contributed by atoms with Gasteiger partial charge in [-0.25, -0.2) is 4.57 Å². The number of guanidine groups is 1. The van der Waals surface area contributed by atoms with Gasteiger partial charge in [0.15, 0.2) is 0 Å². The van der Waals surface area contributed by atoms with Crippen LogP contribution in [0.5, 0.6) is 0 Å². The normalized spacial score (nSPS) is 11.1. The Hall–Kier alpha value is -2.14. The monoisotopic (exact) mass is 318 g/mol. The topological polar surface area (TPSA) is 99.5 Å². The van der Waals surface area contributed by atoms with E-state index in [1.807, 2.05) is 60.7 Å². The summed E-state index contributed by atoms with van der Waals surface area (Å²) in [7, 11) is -3.83. The van der Waals surface area contributed by atoms with Crippen molar-refractivity contribution in [1.29, 1.82) is 5.41 Å². The van der Waals surface area contributed by atoms with Crippen molar-refractivity contribution < 1.29 is 13.6 Å². The summed E-state index contributed by atoms with van der Waals surface area (Å²) in [4.78, 5) is 0. The molecule has 0 amide bonds. The Bertz CT molecular complexity index is 602. The van der Waals surface area contributed by atoms with Crippen molar-refractivity contribution in [1.82, 2.24) is 5.09 Å². The van der Waals surface area contributed by atoms with Crippen LogP contribution in [0.25, 0.3) is 0 Å². The molecule has 0 aromatic heterocycles. The first-order chi connectivity index (χ1) is 10.6. The number of nitrogens with one attached hydrogen (secondary N) is 1. The summed E-state index contributed by atoms with van der Waals surface area (Å²) in [6.45, 7) is 0.118. The Kier molecular flexibility index (Phi) is 5.72. The van der Waals surface area contributed by atoms with Crippen LogP contribution < -0.4 is 10.8 Å². The summed E-state index contributed by atoms with van der Waals surface area (Å²) in [5.41, 5.74) is 6.85. The van der Waals surface area contributed by atoms with Crippen molar-refractivity contribution in [3.05, 3.63) is 71.8 Å². The van der Waals surface area contributed by atoms with E-state index >= 15 is 0 Å². The lowest BCUT2D eigenvalue weighted by Crippen LogP contribution is -2.23. The van der Waals surface area contributed by atoms with Crippen molar-refractivity contribution in [2.75, 3.05) is 0 Å². The van der Waals surface area contributed by atoms with E-state index in [4.69, 9.17) is 20.2 Å². The van der Waals surface area contributed by atoms with E-state index in [2.05, 4.69) is 5.09 Å². The first kappa shape index (κ1) is 16.2. The number of hydrogen-bond donors (Lipinski definition) is 2. The molecule has 7 heteroatoms. The average Bonchev–Trinajstić information content (AvgIpc) is 2.53. The summed E-state index contributed by atoms with van der Waals surface area (Å²) in [6.07, 6.45) is 0. The quantitative estimate of drug-likeness (QED) is 0.465. The zero-order chi connectivity index (χ0) is 15.8. The number of nitrogens with two attached hydrogens (primary N) is 1. The van der Waals surface area contributed by atoms with E-state index in [1.165, 1.54) is 0 Å². The standard InChI is InChI=1S/C15H17N3O3P/c16-15(17)18-22(19,20-11-13-7-3-1-4-8-13)21-12-14-9-5-2-6-10-14/h1-10H,11-12H2,(H3,16,17). The highest BCUT2D eigenvalue weighted by molar-refractivity contribution is 7.52. The molecule has 0 bridgehead atoms. The van der Waals surface area contributed by atoms with Gasteiger partial charge in [0.05, 0.1) is 13.2 Å². The van der Waals surface area contributed by atoms with Gasteiger partial charge in [-0.2, -0.15) is 0 Å². The Labute approximate surface area is 129 Å². The molecule has 22 heavy (non-hydrogen) atoms. The Balaban J connectivity index is 2.00. The Morgan fingerprint density at radius 1 is 0.955 bits per heavy atom. The molecular formula is C15H17N3O3P. The lowest BCUT2D eigenvalue weighted by atomic mass is 10.2. The maximum atomic E-state index is 12.5. The predicted molar refractivity (Wildman–Crippen MR) is 84.1 cm³/mol. The maximum Gasteiger partial charge on any atom is 0.457 e. The van der Waals surface area contributed by atoms with Crippen LogP contribution in [0, 0.1) is 5.41 Å². The van der Waals surface area contributed by atoms with E-state index in [0.29, 0.717) is 0 Å². The Morgan fingerprint density at radius 3 is 1.73 bits per heavy atom. The highest BCUT2D eigenvalue weighted by atomic mass is 31.2. The fraction of sp³-hybridized carbons (Fsp3) is 0.133. The third-order valence-corrected chi connectivity index (χ3v) is 4.08. The molecule has 0 fully saturated rings. The van der Waals surface area contributed by atoms with E-state index in [0.717, 1.165) is 11.1 Å². The molecule has 0 aliphatic heterocycles. The number of nitrogens with zero attached hydrogens (tertiary/aromatic N) is 1. The largest absolute Gasteiger partial charge is 0.457 e. The van der Waals surface area contributed by atoms with Gasteiger partial charge in [-0.15, -0.1) is 5.09 Å². The molecule has 0 saturated heterocycles. The van der Waals surface area contributed by atoms with Crippen LogP contribution >= 0.6 is 7.75 Å². The summed E-state index contributed by atoms with van der Waals surface area (Å²) in [6, 6.07) is 18.4. The van der Waals surface area contributed by atoms with Gasteiger partial charge in [0.25, 0.3) is 0 Å². The van der Waals surface area contributed by atoms with Gasteiger partial charge in [0.2, 0.25) is 5.96 Å². The third-order valence-electron chi connectivity index (χ3n) is 2.70. The molecule has 0 aliphatic carbocycles. The first-order valence-corrected chi connectivity index (χ1v) is 8.11. The van der Waals surface area contributed by atoms with E-state index in [9.17, 15) is 4.57 Å². The molecule has 0 spiro atoms. The van der Waals surface area contributed by atoms with Crippen LogP contribution in [0.15, 0.2) is 60.7 Å². The molecule has 2 rings (SSSR count). The van der Waals surface area contributed by atoms with Crippen molar-refractivity contribution in [3.63, 3.8) is 0 Å². The van der Waals surface area contributed by atoms with Crippen LogP contribution in [0.1, 0.15) is 11.1 Å². The van der Waals surface area contributed by atoms with E-state index in [1.54, 1.807) is 0 Å². The molecule has 2 aromatic rings. The predicted octanol–water partition coefficient (Wildman–Crippen LogP) is 3.03. The molecule has 0 atom stereocenters. The minimum Gasteiger partial charge on any atom is -0.368 e. The van der Waals surface area contributed by atoms with Crippen molar-refractivity contribution in [2.24, 2.45) is 5.73 Å². The lowest BCUT2D eigenvalue weighted by molar-refractivity contribution is 0.186. The van der Waals surface area contributed by atoms with E-state index < -0.39 is 13.7 Å². The molecule has 0 saturated carbocycles. The molecule has 3 N–H and O–H groups in total. The van der Waals surface area contributed by atoms with E-state index in [-0.39, 0.29) is 13.2 Å². The molecular weight excluding hydrogens is 301 g/mol. The molecule has 6 nitrogen and oxygen atoms in total. The van der Waals surface area contributed by atoms with Gasteiger partial charge in [0, 0.05) is 0 Å². The third kappa shape index (κ3) is 5.33. The fourth-order valence-electron chi connectivity index (χ4n) is 1.69. The molecule has 1 radical (unpaired) electrons. The SMILES string of the molecule is N=C(N)[N]P(=O)(OCc1ccccc1)OCc1ccccc1. The van der Waals surface area contributed by atoms with Crippen molar-refractivity contribution in [3.8, 4) is 0 Å². The highest BCUT2D eigenvalue weighted by Crippen LogP contribution is 2.46. The van der Waals surface area contributed by atoms with Crippen molar-refractivity contribution in [2.45, 2.75) is 13.2 Å². The van der Waals surface area contributed by atoms with Crippen LogP contribution in [-0.4, -0.2) is 5.96 Å². The second kappa shape index (κ2) is 7.75. The summed E-state index contributed by atoms with van der Waals surface area (Å²) >= 11 is 0. The van der Waals surface area contributed by atoms with Crippen molar-refractivity contribution >= 4 is 13.7 Å². The smallest absolute Gasteiger partial charge is 0.368 e. The minimum absolute atomic E-state index is 0.0592. The summed E-state index contributed by atoms with van der Waals surface area (Å²) in [5.74, 6) is -0.593. The second-order valence-electron chi connectivity index (χ2n) is 4.47. The van der Waals surface area contributed by atoms with Gasteiger partial charge in [-0.1, -0.05) is 60.7 Å². The number of benzene rings is 2. The molecule has 0 unspecified atom stereocenters. The maximum absolute atomic E-state index is 12.5. The number of hydrogen-bond acceptors (Lipinski definition) is 4. The summed E-state index contributed by atoms with van der Waals surface area (Å²) in [5, 5.41) is 10.7. The lowest BCUT2D eigenvalue weighted by Gasteiger charge is -2.17. The van der Waals surface area contributed by atoms with Crippen LogP contribution in [0.3, 0.4) is 0 Å². The average molecular weight is 318 g/mol.